The van der Waals surface area contributed by atoms with E-state index in [2.05, 4.69) is 5.32 Å². The van der Waals surface area contributed by atoms with Crippen molar-refractivity contribution in [3.63, 3.8) is 0 Å². The molecule has 0 fully saturated rings. The third kappa shape index (κ3) is 3.48. The normalized spacial score (nSPS) is 11.5. The number of hydrogen-bond acceptors (Lipinski definition) is 4. The Morgan fingerprint density at radius 2 is 2.00 bits per heavy atom. The molecule has 0 aromatic heterocycles. The minimum Gasteiger partial charge on any atom is -0.377 e. The SMILES string of the molecule is C[C@@H](Nc1ccc([N+](=O)[O-])cc1C#N)c1ccc(Cl)cc1Cl. The van der Waals surface area contributed by atoms with E-state index in [1.165, 1.54) is 18.2 Å². The van der Waals surface area contributed by atoms with Gasteiger partial charge in [0, 0.05) is 22.2 Å². The highest BCUT2D eigenvalue weighted by Gasteiger charge is 2.14. The van der Waals surface area contributed by atoms with E-state index in [9.17, 15) is 10.1 Å². The first-order valence-corrected chi connectivity index (χ1v) is 7.08. The summed E-state index contributed by atoms with van der Waals surface area (Å²) in [7, 11) is 0. The molecule has 7 heteroatoms. The minimum atomic E-state index is -0.538. The highest BCUT2D eigenvalue weighted by atomic mass is 35.5. The number of halogens is 2. The van der Waals surface area contributed by atoms with E-state index < -0.39 is 4.92 Å². The van der Waals surface area contributed by atoms with E-state index in [1.807, 2.05) is 13.0 Å². The van der Waals surface area contributed by atoms with E-state index >= 15 is 0 Å². The molecule has 1 atom stereocenters. The van der Waals surface area contributed by atoms with Gasteiger partial charge in [-0.15, -0.1) is 0 Å². The fourth-order valence-corrected chi connectivity index (χ4v) is 2.60. The summed E-state index contributed by atoms with van der Waals surface area (Å²) in [5.41, 5.74) is 1.39. The molecule has 5 nitrogen and oxygen atoms in total. The highest BCUT2D eigenvalue weighted by molar-refractivity contribution is 6.35. The molecule has 0 unspecified atom stereocenters. The number of non-ortho nitro benzene ring substituents is 1. The van der Waals surface area contributed by atoms with Crippen LogP contribution < -0.4 is 5.32 Å². The molecule has 0 saturated carbocycles. The van der Waals surface area contributed by atoms with Crippen LogP contribution in [0, 0.1) is 21.4 Å². The van der Waals surface area contributed by atoms with Crippen molar-refractivity contribution < 1.29 is 4.92 Å². The Kier molecular flexibility index (Phi) is 4.86. The van der Waals surface area contributed by atoms with Gasteiger partial charge in [0.2, 0.25) is 0 Å². The predicted octanol–water partition coefficient (Wildman–Crippen LogP) is 4.95. The lowest BCUT2D eigenvalue weighted by atomic mass is 10.1. The van der Waals surface area contributed by atoms with Crippen molar-refractivity contribution >= 4 is 34.6 Å². The number of nitrogens with one attached hydrogen (secondary N) is 1. The summed E-state index contributed by atoms with van der Waals surface area (Å²) < 4.78 is 0. The summed E-state index contributed by atoms with van der Waals surface area (Å²) in [5, 5.41) is 24.1. The highest BCUT2D eigenvalue weighted by Crippen LogP contribution is 2.30. The van der Waals surface area contributed by atoms with Gasteiger partial charge < -0.3 is 5.32 Å². The minimum absolute atomic E-state index is 0.126. The zero-order valence-corrected chi connectivity index (χ0v) is 13.0. The van der Waals surface area contributed by atoms with E-state index in [0.717, 1.165) is 5.56 Å². The largest absolute Gasteiger partial charge is 0.377 e. The van der Waals surface area contributed by atoms with Gasteiger partial charge >= 0.3 is 0 Å². The van der Waals surface area contributed by atoms with Gasteiger partial charge in [0.1, 0.15) is 6.07 Å². The van der Waals surface area contributed by atoms with Crippen molar-refractivity contribution in [2.75, 3.05) is 5.32 Å². The van der Waals surface area contributed by atoms with Gasteiger partial charge in [-0.25, -0.2) is 0 Å². The Balaban J connectivity index is 2.30. The van der Waals surface area contributed by atoms with Crippen LogP contribution in [0.3, 0.4) is 0 Å². The maximum Gasteiger partial charge on any atom is 0.270 e. The number of nitriles is 1. The summed E-state index contributed by atoms with van der Waals surface area (Å²) in [5.74, 6) is 0. The van der Waals surface area contributed by atoms with Gasteiger partial charge in [0.25, 0.3) is 5.69 Å². The molecule has 0 heterocycles. The second-order valence-electron chi connectivity index (χ2n) is 4.63. The lowest BCUT2D eigenvalue weighted by Gasteiger charge is -2.18. The van der Waals surface area contributed by atoms with Crippen LogP contribution in [-0.2, 0) is 0 Å². The monoisotopic (exact) mass is 335 g/mol. The molecular formula is C15H11Cl2N3O2. The van der Waals surface area contributed by atoms with E-state index in [0.29, 0.717) is 15.7 Å². The Hall–Kier alpha value is -2.29. The molecule has 0 saturated heterocycles. The third-order valence-corrected chi connectivity index (χ3v) is 3.70. The number of hydrogen-bond donors (Lipinski definition) is 1. The maximum atomic E-state index is 10.7. The van der Waals surface area contributed by atoms with Crippen molar-refractivity contribution in [2.24, 2.45) is 0 Å². The standard InChI is InChI=1S/C15H11Cl2N3O2/c1-9(13-4-2-11(16)7-14(13)17)19-15-5-3-12(20(21)22)6-10(15)8-18/h2-7,9,19H,1H3/t9-/m1/s1. The quantitative estimate of drug-likeness (QED) is 0.633. The number of rotatable bonds is 4. The fraction of sp³-hybridized carbons (Fsp3) is 0.133. The molecule has 2 aromatic rings. The zero-order valence-electron chi connectivity index (χ0n) is 11.5. The average Bonchev–Trinajstić information content (AvgIpc) is 2.47. The Labute approximate surface area is 137 Å². The Morgan fingerprint density at radius 1 is 1.27 bits per heavy atom. The van der Waals surface area contributed by atoms with Crippen molar-refractivity contribution in [2.45, 2.75) is 13.0 Å². The predicted molar refractivity (Wildman–Crippen MR) is 86.3 cm³/mol. The van der Waals surface area contributed by atoms with Gasteiger partial charge in [-0.1, -0.05) is 29.3 Å². The number of nitrogens with zero attached hydrogens (tertiary/aromatic N) is 2. The number of nitro benzene ring substituents is 1. The first-order valence-electron chi connectivity index (χ1n) is 6.32. The molecule has 0 aliphatic carbocycles. The van der Waals surface area contributed by atoms with Crippen LogP contribution >= 0.6 is 23.2 Å². The molecule has 2 aromatic carbocycles. The molecule has 0 bridgehead atoms. The zero-order chi connectivity index (χ0) is 16.3. The summed E-state index contributed by atoms with van der Waals surface area (Å²) in [6, 6.07) is 11.0. The van der Waals surface area contributed by atoms with Crippen LogP contribution in [0.1, 0.15) is 24.1 Å². The molecule has 0 aliphatic heterocycles. The molecule has 0 spiro atoms. The molecule has 1 N–H and O–H groups in total. The third-order valence-electron chi connectivity index (χ3n) is 3.14. The lowest BCUT2D eigenvalue weighted by Crippen LogP contribution is -2.08. The van der Waals surface area contributed by atoms with E-state index in [-0.39, 0.29) is 17.3 Å². The van der Waals surface area contributed by atoms with Crippen molar-refractivity contribution in [3.05, 3.63) is 67.7 Å². The molecule has 112 valence electrons. The Bertz CT molecular complexity index is 772. The van der Waals surface area contributed by atoms with E-state index in [4.69, 9.17) is 28.5 Å². The van der Waals surface area contributed by atoms with Crippen LogP contribution in [0.25, 0.3) is 0 Å². The molecule has 0 aliphatic rings. The van der Waals surface area contributed by atoms with Crippen molar-refractivity contribution in [1.29, 1.82) is 5.26 Å². The van der Waals surface area contributed by atoms with Gasteiger partial charge in [-0.05, 0) is 30.7 Å². The number of nitro groups is 1. The summed E-state index contributed by atoms with van der Waals surface area (Å²) in [6.45, 7) is 1.87. The lowest BCUT2D eigenvalue weighted by molar-refractivity contribution is -0.384. The topological polar surface area (TPSA) is 79.0 Å². The summed E-state index contributed by atoms with van der Waals surface area (Å²) >= 11 is 12.0. The van der Waals surface area contributed by atoms with Crippen molar-refractivity contribution in [1.82, 2.24) is 0 Å². The second kappa shape index (κ2) is 6.65. The van der Waals surface area contributed by atoms with Gasteiger partial charge in [-0.2, -0.15) is 5.26 Å². The van der Waals surface area contributed by atoms with Crippen LogP contribution in [0.5, 0.6) is 0 Å². The maximum absolute atomic E-state index is 10.7. The first kappa shape index (κ1) is 16.1. The number of anilines is 1. The summed E-state index contributed by atoms with van der Waals surface area (Å²) in [6.07, 6.45) is 0. The first-order chi connectivity index (χ1) is 10.4. The second-order valence-corrected chi connectivity index (χ2v) is 5.47. The smallest absolute Gasteiger partial charge is 0.270 e. The average molecular weight is 336 g/mol. The van der Waals surface area contributed by atoms with Gasteiger partial charge in [0.15, 0.2) is 0 Å². The van der Waals surface area contributed by atoms with Crippen LogP contribution in [-0.4, -0.2) is 4.92 Å². The summed E-state index contributed by atoms with van der Waals surface area (Å²) in [4.78, 5) is 10.2. The number of benzene rings is 2. The molecule has 22 heavy (non-hydrogen) atoms. The molecule has 0 radical (unpaired) electrons. The van der Waals surface area contributed by atoms with E-state index in [1.54, 1.807) is 18.2 Å². The van der Waals surface area contributed by atoms with Crippen LogP contribution in [0.15, 0.2) is 36.4 Å². The Morgan fingerprint density at radius 3 is 2.59 bits per heavy atom. The fourth-order valence-electron chi connectivity index (χ4n) is 2.03. The molecule has 2 rings (SSSR count). The van der Waals surface area contributed by atoms with Crippen LogP contribution in [0.4, 0.5) is 11.4 Å². The van der Waals surface area contributed by atoms with Crippen LogP contribution in [0.2, 0.25) is 10.0 Å². The van der Waals surface area contributed by atoms with Crippen molar-refractivity contribution in [3.8, 4) is 6.07 Å². The van der Waals surface area contributed by atoms with Gasteiger partial charge in [0.05, 0.1) is 22.2 Å². The molecule has 0 amide bonds. The van der Waals surface area contributed by atoms with Gasteiger partial charge in [-0.3, -0.25) is 10.1 Å². The molecular weight excluding hydrogens is 325 g/mol.